The highest BCUT2D eigenvalue weighted by Crippen LogP contribution is 2.42. The molecule has 4 fully saturated rings. The molecule has 16 nitrogen and oxygen atoms in total. The number of ketones is 1. The fourth-order valence-electron chi connectivity index (χ4n) is 7.95. The third kappa shape index (κ3) is 10.5. The summed E-state index contributed by atoms with van der Waals surface area (Å²) in [6, 6.07) is -4.37. The smallest absolute Gasteiger partial charge is 0.289 e. The van der Waals surface area contributed by atoms with Crippen LogP contribution in [0, 0.1) is 17.8 Å². The summed E-state index contributed by atoms with van der Waals surface area (Å²) in [5, 5.41) is 11.8. The summed E-state index contributed by atoms with van der Waals surface area (Å²) in [5.74, 6) is -4.25. The summed E-state index contributed by atoms with van der Waals surface area (Å²) >= 11 is 0. The molecule has 5 N–H and O–H groups in total. The normalized spacial score (nSPS) is 23.2. The van der Waals surface area contributed by atoms with Gasteiger partial charge in [-0.2, -0.15) is 0 Å². The summed E-state index contributed by atoms with van der Waals surface area (Å²) in [7, 11) is -3.87. The molecule has 3 saturated carbocycles. The molecule has 5 rings (SSSR count). The molecule has 5 amide bonds. The van der Waals surface area contributed by atoms with Gasteiger partial charge in [0, 0.05) is 36.9 Å². The zero-order valence-electron chi connectivity index (χ0n) is 30.3. The van der Waals surface area contributed by atoms with E-state index >= 15 is 0 Å². The van der Waals surface area contributed by atoms with Crippen molar-refractivity contribution in [3.05, 3.63) is 36.3 Å². The average molecular weight is 757 g/mol. The van der Waals surface area contributed by atoms with E-state index < -0.39 is 69.5 Å². The van der Waals surface area contributed by atoms with Crippen LogP contribution in [0.25, 0.3) is 0 Å². The van der Waals surface area contributed by atoms with E-state index in [0.717, 1.165) is 50.4 Å². The van der Waals surface area contributed by atoms with Crippen LogP contribution >= 0.6 is 0 Å². The average Bonchev–Trinajstić information content (AvgIpc) is 3.73. The molecule has 1 unspecified atom stereocenters. The van der Waals surface area contributed by atoms with Crippen molar-refractivity contribution in [2.75, 3.05) is 13.1 Å². The van der Waals surface area contributed by atoms with Crippen molar-refractivity contribution < 1.29 is 37.2 Å². The quantitative estimate of drug-likeness (QED) is 0.133. The molecule has 1 aliphatic heterocycles. The van der Waals surface area contributed by atoms with Crippen molar-refractivity contribution in [2.45, 2.75) is 121 Å². The number of carbonyl (C=O) groups excluding carboxylic acids is 6. The molecule has 2 heterocycles. The fraction of sp³-hybridized carbons (Fsp3) is 0.667. The Kier molecular flexibility index (Phi) is 13.7. The number of hydrogen-bond donors (Lipinski definition) is 5. The third-order valence-electron chi connectivity index (χ3n) is 10.8. The largest absolute Gasteiger partial charge is 0.347 e. The fourth-order valence-corrected chi connectivity index (χ4v) is 8.47. The Labute approximate surface area is 310 Å². The molecule has 1 aromatic heterocycles. The van der Waals surface area contributed by atoms with Crippen molar-refractivity contribution in [3.8, 4) is 0 Å². The number of likely N-dealkylation sites (tertiary alicyclic amines) is 1. The van der Waals surface area contributed by atoms with Crippen LogP contribution in [0.5, 0.6) is 0 Å². The molecular weight excluding hydrogens is 705 g/mol. The van der Waals surface area contributed by atoms with E-state index in [0.29, 0.717) is 25.7 Å². The molecule has 17 heteroatoms. The van der Waals surface area contributed by atoms with Gasteiger partial charge in [0.05, 0.1) is 12.2 Å². The zero-order valence-corrected chi connectivity index (χ0v) is 31.1. The standard InChI is InChI=1S/C36H52N8O8S/c1-3-9-26(31(45)35(49)40-24-14-15-24)41-34(48)30-25-13-8-12-23(25)21-44(30)36(50)27(16-17-39-53(51,52)4-2)42-33(47)29(22-10-6-5-7-11-22)43-32(46)28-20-37-18-19-38-28/h4,18-20,22-27,29-30,39H,2-3,5-17,21H2,1H3,(H,40,49)(H,41,48)(H,42,47)(H,43,46)/t23-,25-,26-,27-,29-,30?/m0/s1. The topological polar surface area (TPSA) is 226 Å². The van der Waals surface area contributed by atoms with Gasteiger partial charge in [-0.3, -0.25) is 33.8 Å². The Morgan fingerprint density at radius 3 is 2.34 bits per heavy atom. The number of carbonyl (C=O) groups is 6. The summed E-state index contributed by atoms with van der Waals surface area (Å²) < 4.78 is 26.8. The van der Waals surface area contributed by atoms with Crippen LogP contribution in [-0.4, -0.2) is 102 Å². The molecule has 1 aromatic rings. The van der Waals surface area contributed by atoms with E-state index in [1.54, 1.807) is 0 Å². The highest BCUT2D eigenvalue weighted by molar-refractivity contribution is 7.92. The number of sulfonamides is 1. The lowest BCUT2D eigenvalue weighted by molar-refractivity contribution is -0.144. The highest BCUT2D eigenvalue weighted by Gasteiger charge is 2.51. The Morgan fingerprint density at radius 2 is 1.68 bits per heavy atom. The van der Waals surface area contributed by atoms with Gasteiger partial charge in [0.1, 0.15) is 23.8 Å². The number of hydrogen-bond acceptors (Lipinski definition) is 10. The first-order valence-electron chi connectivity index (χ1n) is 18.9. The predicted octanol–water partition coefficient (Wildman–Crippen LogP) is 0.853. The second-order valence-electron chi connectivity index (χ2n) is 14.6. The lowest BCUT2D eigenvalue weighted by Crippen LogP contribution is -2.60. The number of amides is 5. The number of Topliss-reactive ketones (excluding diaryl/α,β-unsaturated/α-hetero) is 1. The first-order valence-corrected chi connectivity index (χ1v) is 20.4. The summed E-state index contributed by atoms with van der Waals surface area (Å²) in [6.45, 7) is 5.15. The third-order valence-corrected chi connectivity index (χ3v) is 11.9. The van der Waals surface area contributed by atoms with Crippen molar-refractivity contribution in [3.63, 3.8) is 0 Å². The molecular formula is C36H52N8O8S. The molecule has 1 saturated heterocycles. The second kappa shape index (κ2) is 18.2. The lowest BCUT2D eigenvalue weighted by atomic mass is 9.83. The Balaban J connectivity index is 1.38. The molecule has 0 spiro atoms. The van der Waals surface area contributed by atoms with Gasteiger partial charge in [-0.1, -0.05) is 45.6 Å². The number of fused-ring (bicyclic) bond motifs is 1. The van der Waals surface area contributed by atoms with Crippen molar-refractivity contribution in [2.24, 2.45) is 17.8 Å². The van der Waals surface area contributed by atoms with Gasteiger partial charge in [0.15, 0.2) is 0 Å². The van der Waals surface area contributed by atoms with Gasteiger partial charge < -0.3 is 26.2 Å². The zero-order chi connectivity index (χ0) is 38.1. The summed E-state index contributed by atoms with van der Waals surface area (Å²) in [5.41, 5.74) is 0.0231. The maximum atomic E-state index is 14.6. The van der Waals surface area contributed by atoms with E-state index in [2.05, 4.69) is 42.5 Å². The van der Waals surface area contributed by atoms with Crippen LogP contribution < -0.4 is 26.0 Å². The number of nitrogens with zero attached hydrogens (tertiary/aromatic N) is 3. The predicted molar refractivity (Wildman–Crippen MR) is 193 cm³/mol. The highest BCUT2D eigenvalue weighted by atomic mass is 32.2. The van der Waals surface area contributed by atoms with Gasteiger partial charge in [-0.05, 0) is 69.1 Å². The van der Waals surface area contributed by atoms with Crippen LogP contribution in [-0.2, 0) is 34.0 Å². The van der Waals surface area contributed by atoms with Gasteiger partial charge in [-0.15, -0.1) is 0 Å². The van der Waals surface area contributed by atoms with E-state index in [9.17, 15) is 37.2 Å². The Bertz CT molecular complexity index is 1630. The maximum Gasteiger partial charge on any atom is 0.289 e. The molecule has 6 atom stereocenters. The van der Waals surface area contributed by atoms with Crippen LogP contribution in [0.2, 0.25) is 0 Å². The summed E-state index contributed by atoms with van der Waals surface area (Å²) in [4.78, 5) is 91.3. The molecule has 0 bridgehead atoms. The second-order valence-corrected chi connectivity index (χ2v) is 16.4. The monoisotopic (exact) mass is 756 g/mol. The minimum atomic E-state index is -3.87. The van der Waals surface area contributed by atoms with E-state index in [4.69, 9.17) is 0 Å². The first-order chi connectivity index (χ1) is 25.4. The number of nitrogens with one attached hydrogen (secondary N) is 5. The summed E-state index contributed by atoms with van der Waals surface area (Å²) in [6.07, 6.45) is 12.7. The van der Waals surface area contributed by atoms with E-state index in [1.807, 2.05) is 6.92 Å². The Morgan fingerprint density at radius 1 is 0.925 bits per heavy atom. The van der Waals surface area contributed by atoms with Gasteiger partial charge in [0.25, 0.3) is 11.8 Å². The van der Waals surface area contributed by atoms with Crippen molar-refractivity contribution >= 4 is 45.3 Å². The molecule has 3 aliphatic carbocycles. The molecule has 53 heavy (non-hydrogen) atoms. The minimum Gasteiger partial charge on any atom is -0.347 e. The molecule has 0 aromatic carbocycles. The van der Waals surface area contributed by atoms with E-state index in [-0.39, 0.29) is 55.4 Å². The SMILES string of the molecule is C=CS(=O)(=O)NCC[C@H](NC(=O)[C@@H](NC(=O)c1cnccn1)C1CCCCC1)C(=O)N1C[C@@H]2CCC[C@@H]2C1C(=O)N[C@@H](CCC)C(=O)C(=O)NC1CC1. The van der Waals surface area contributed by atoms with Crippen molar-refractivity contribution in [1.82, 2.24) is 40.9 Å². The van der Waals surface area contributed by atoms with Gasteiger partial charge in [-0.25, -0.2) is 18.1 Å². The minimum absolute atomic E-state index is 0.00469. The lowest BCUT2D eigenvalue weighted by Gasteiger charge is -2.34. The van der Waals surface area contributed by atoms with Crippen molar-refractivity contribution in [1.29, 1.82) is 0 Å². The maximum absolute atomic E-state index is 14.6. The molecule has 4 aliphatic rings. The molecule has 0 radical (unpaired) electrons. The van der Waals surface area contributed by atoms with Crippen LogP contribution in [0.1, 0.15) is 101 Å². The van der Waals surface area contributed by atoms with E-state index in [1.165, 1.54) is 23.5 Å². The molecule has 290 valence electrons. The number of rotatable bonds is 18. The van der Waals surface area contributed by atoms with Gasteiger partial charge >= 0.3 is 0 Å². The first kappa shape index (κ1) is 39.9. The van der Waals surface area contributed by atoms with Gasteiger partial charge in [0.2, 0.25) is 33.5 Å². The van der Waals surface area contributed by atoms with Crippen LogP contribution in [0.15, 0.2) is 30.6 Å². The van der Waals surface area contributed by atoms with Crippen LogP contribution in [0.3, 0.4) is 0 Å². The number of aromatic nitrogens is 2. The Hall–Kier alpha value is -4.25. The van der Waals surface area contributed by atoms with Crippen LogP contribution in [0.4, 0.5) is 0 Å².